The van der Waals surface area contributed by atoms with Gasteiger partial charge in [0.2, 0.25) is 11.0 Å². The topological polar surface area (TPSA) is 27.1 Å². The highest BCUT2D eigenvalue weighted by atomic mass is 35.5. The van der Waals surface area contributed by atoms with E-state index in [2.05, 4.69) is 47.5 Å². The van der Waals surface area contributed by atoms with Crippen LogP contribution in [0.5, 0.6) is 0 Å². The third kappa shape index (κ3) is 3.08. The van der Waals surface area contributed by atoms with Gasteiger partial charge in [-0.2, -0.15) is 0 Å². The van der Waals surface area contributed by atoms with Crippen LogP contribution in [0, 0.1) is 0 Å². The third-order valence-corrected chi connectivity index (χ3v) is 5.08. The Morgan fingerprint density at radius 2 is 1.46 bits per heavy atom. The number of halogens is 1. The molecule has 134 valence electrons. The van der Waals surface area contributed by atoms with Gasteiger partial charge in [0, 0.05) is 16.7 Å². The van der Waals surface area contributed by atoms with Gasteiger partial charge in [-0.1, -0.05) is 72.3 Å². The summed E-state index contributed by atoms with van der Waals surface area (Å²) < 4.78 is 6.17. The fourth-order valence-corrected chi connectivity index (χ4v) is 3.66. The highest BCUT2D eigenvalue weighted by molar-refractivity contribution is 6.31. The zero-order valence-electron chi connectivity index (χ0n) is 15.0. The van der Waals surface area contributed by atoms with E-state index in [-0.39, 0.29) is 0 Å². The molecular formula is C25H17ClNO+. The van der Waals surface area contributed by atoms with E-state index in [1.165, 1.54) is 10.8 Å². The number of rotatable bonds is 2. The lowest BCUT2D eigenvalue weighted by molar-refractivity contribution is -0.399. The SMILES string of the molecule is Clc1ccc2oc(-c3ccccc3)cc(=[NH+]c3cccc4ccccc34)c2c1. The van der Waals surface area contributed by atoms with Crippen molar-refractivity contribution in [3.05, 3.63) is 107 Å². The van der Waals surface area contributed by atoms with E-state index in [0.717, 1.165) is 33.3 Å². The smallest absolute Gasteiger partial charge is 0.218 e. The predicted octanol–water partition coefficient (Wildman–Crippen LogP) is 5.22. The second-order valence-corrected chi connectivity index (χ2v) is 7.12. The first-order valence-electron chi connectivity index (χ1n) is 9.14. The monoisotopic (exact) mass is 382 g/mol. The van der Waals surface area contributed by atoms with Crippen molar-refractivity contribution >= 4 is 39.0 Å². The van der Waals surface area contributed by atoms with Gasteiger partial charge in [0.1, 0.15) is 11.3 Å². The quantitative estimate of drug-likeness (QED) is 0.445. The number of benzene rings is 4. The summed E-state index contributed by atoms with van der Waals surface area (Å²) in [6, 6.07) is 32.5. The van der Waals surface area contributed by atoms with E-state index >= 15 is 0 Å². The Morgan fingerprint density at radius 3 is 2.36 bits per heavy atom. The number of fused-ring (bicyclic) bond motifs is 2. The van der Waals surface area contributed by atoms with Gasteiger partial charge in [-0.05, 0) is 29.7 Å². The van der Waals surface area contributed by atoms with Crippen molar-refractivity contribution in [3.63, 3.8) is 0 Å². The zero-order valence-corrected chi connectivity index (χ0v) is 15.8. The summed E-state index contributed by atoms with van der Waals surface area (Å²) in [7, 11) is 0. The molecule has 0 radical (unpaired) electrons. The van der Waals surface area contributed by atoms with Crippen molar-refractivity contribution in [2.45, 2.75) is 0 Å². The summed E-state index contributed by atoms with van der Waals surface area (Å²) in [5, 5.41) is 4.94. The van der Waals surface area contributed by atoms with Crippen LogP contribution < -0.4 is 10.3 Å². The molecule has 28 heavy (non-hydrogen) atoms. The van der Waals surface area contributed by atoms with E-state index < -0.39 is 0 Å². The molecule has 1 heterocycles. The molecule has 0 atom stereocenters. The summed E-state index contributed by atoms with van der Waals surface area (Å²) in [6.07, 6.45) is 0. The number of hydrogen-bond acceptors (Lipinski definition) is 1. The third-order valence-electron chi connectivity index (χ3n) is 4.84. The molecule has 1 N–H and O–H groups in total. The second kappa shape index (κ2) is 6.99. The van der Waals surface area contributed by atoms with Crippen molar-refractivity contribution in [1.82, 2.24) is 0 Å². The second-order valence-electron chi connectivity index (χ2n) is 6.68. The van der Waals surface area contributed by atoms with E-state index in [1.807, 2.05) is 54.6 Å². The highest BCUT2D eigenvalue weighted by Crippen LogP contribution is 2.24. The Bertz CT molecular complexity index is 1360. The van der Waals surface area contributed by atoms with Crippen LogP contribution in [0.2, 0.25) is 5.02 Å². The lowest BCUT2D eigenvalue weighted by Crippen LogP contribution is -2.70. The molecule has 0 saturated carbocycles. The van der Waals surface area contributed by atoms with Crippen LogP contribution in [0.4, 0.5) is 5.69 Å². The maximum Gasteiger partial charge on any atom is 0.218 e. The fourth-order valence-electron chi connectivity index (χ4n) is 3.49. The predicted molar refractivity (Wildman–Crippen MR) is 114 cm³/mol. The molecule has 0 amide bonds. The molecule has 2 nitrogen and oxygen atoms in total. The maximum atomic E-state index is 6.28. The lowest BCUT2D eigenvalue weighted by Gasteiger charge is -2.04. The van der Waals surface area contributed by atoms with Crippen LogP contribution in [0.3, 0.4) is 0 Å². The van der Waals surface area contributed by atoms with E-state index in [0.29, 0.717) is 5.02 Å². The molecule has 0 aliphatic carbocycles. The van der Waals surface area contributed by atoms with Gasteiger partial charge in [-0.3, -0.25) is 0 Å². The van der Waals surface area contributed by atoms with Crippen molar-refractivity contribution < 1.29 is 9.41 Å². The molecule has 4 aromatic carbocycles. The Balaban J connectivity index is 1.84. The molecule has 0 unspecified atom stereocenters. The molecule has 1 aromatic heterocycles. The van der Waals surface area contributed by atoms with Crippen molar-refractivity contribution in [2.75, 3.05) is 0 Å². The number of nitrogens with one attached hydrogen (secondary N) is 1. The average molecular weight is 383 g/mol. The summed E-state index contributed by atoms with van der Waals surface area (Å²) in [6.45, 7) is 0. The van der Waals surface area contributed by atoms with Gasteiger partial charge in [-0.25, -0.2) is 4.99 Å². The summed E-state index contributed by atoms with van der Waals surface area (Å²) in [4.78, 5) is 3.61. The van der Waals surface area contributed by atoms with Crippen LogP contribution in [-0.2, 0) is 0 Å². The van der Waals surface area contributed by atoms with Crippen LogP contribution in [-0.4, -0.2) is 0 Å². The van der Waals surface area contributed by atoms with Crippen molar-refractivity contribution in [2.24, 2.45) is 0 Å². The summed E-state index contributed by atoms with van der Waals surface area (Å²) >= 11 is 6.28. The van der Waals surface area contributed by atoms with Crippen LogP contribution in [0.1, 0.15) is 0 Å². The Hall–Kier alpha value is -3.36. The molecule has 0 bridgehead atoms. The first kappa shape index (κ1) is 16.8. The van der Waals surface area contributed by atoms with Gasteiger partial charge in [0.05, 0.1) is 16.8 Å². The molecule has 0 saturated heterocycles. The van der Waals surface area contributed by atoms with Crippen LogP contribution in [0.25, 0.3) is 33.1 Å². The maximum absolute atomic E-state index is 6.28. The minimum absolute atomic E-state index is 0.677. The van der Waals surface area contributed by atoms with Crippen molar-refractivity contribution in [1.29, 1.82) is 0 Å². The van der Waals surface area contributed by atoms with Gasteiger partial charge in [-0.15, -0.1) is 0 Å². The minimum Gasteiger partial charge on any atom is -0.456 e. The van der Waals surface area contributed by atoms with Crippen LogP contribution >= 0.6 is 11.6 Å². The average Bonchev–Trinajstić information content (AvgIpc) is 2.75. The molecule has 0 fully saturated rings. The van der Waals surface area contributed by atoms with Gasteiger partial charge >= 0.3 is 0 Å². The van der Waals surface area contributed by atoms with E-state index in [4.69, 9.17) is 16.0 Å². The first-order chi connectivity index (χ1) is 13.8. The first-order valence-corrected chi connectivity index (χ1v) is 9.52. The standard InChI is InChI=1S/C25H16ClNO/c26-19-13-14-24-21(15-19)23(16-25(28-24)18-8-2-1-3-9-18)27-22-12-6-10-17-7-4-5-11-20(17)22/h1-16H/p+1. The fraction of sp³-hybridized carbons (Fsp3) is 0. The Morgan fingerprint density at radius 1 is 0.679 bits per heavy atom. The largest absolute Gasteiger partial charge is 0.456 e. The van der Waals surface area contributed by atoms with E-state index in [1.54, 1.807) is 0 Å². The van der Waals surface area contributed by atoms with E-state index in [9.17, 15) is 0 Å². The van der Waals surface area contributed by atoms with Crippen molar-refractivity contribution in [3.8, 4) is 11.3 Å². The summed E-state index contributed by atoms with van der Waals surface area (Å²) in [5.41, 5.74) is 2.86. The molecule has 5 rings (SSSR count). The normalized spacial score (nSPS) is 12.0. The molecule has 5 aromatic rings. The number of hydrogen-bond donors (Lipinski definition) is 1. The Labute approximate surface area is 167 Å². The highest BCUT2D eigenvalue weighted by Gasteiger charge is 2.11. The lowest BCUT2D eigenvalue weighted by atomic mass is 10.1. The van der Waals surface area contributed by atoms with Gasteiger partial charge in [0.15, 0.2) is 0 Å². The molecule has 0 aliphatic rings. The summed E-state index contributed by atoms with van der Waals surface area (Å²) in [5.74, 6) is 0.804. The van der Waals surface area contributed by atoms with Gasteiger partial charge < -0.3 is 4.42 Å². The molecule has 3 heteroatoms. The van der Waals surface area contributed by atoms with Crippen LogP contribution in [0.15, 0.2) is 101 Å². The zero-order chi connectivity index (χ0) is 18.9. The molecule has 0 spiro atoms. The molecule has 0 aliphatic heterocycles. The Kier molecular flexibility index (Phi) is 4.19. The minimum atomic E-state index is 0.677. The molecular weight excluding hydrogens is 366 g/mol. The van der Waals surface area contributed by atoms with Gasteiger partial charge in [0.25, 0.3) is 0 Å².